The minimum Gasteiger partial charge on any atom is -0.426 e. The van der Waals surface area contributed by atoms with Crippen molar-refractivity contribution in [2.75, 3.05) is 6.61 Å². The Kier molecular flexibility index (Phi) is 9.11. The van der Waals surface area contributed by atoms with Crippen LogP contribution < -0.4 is 22.5 Å². The van der Waals surface area contributed by atoms with E-state index in [0.29, 0.717) is 15.3 Å². The van der Waals surface area contributed by atoms with Crippen LogP contribution in [-0.2, 0) is 14.2 Å². The Morgan fingerprint density at radius 3 is 1.75 bits per heavy atom. The second-order valence-electron chi connectivity index (χ2n) is 8.01. The molecule has 2 saturated heterocycles. The van der Waals surface area contributed by atoms with Crippen molar-refractivity contribution in [1.29, 1.82) is 0 Å². The minimum absolute atomic E-state index is 0.291. The third kappa shape index (κ3) is 6.05. The fourth-order valence-corrected chi connectivity index (χ4v) is 3.65. The van der Waals surface area contributed by atoms with Crippen LogP contribution in [0.5, 0.6) is 0 Å². The number of aromatic amines is 2. The van der Waals surface area contributed by atoms with Gasteiger partial charge in [0.15, 0.2) is 12.2 Å². The lowest BCUT2D eigenvalue weighted by molar-refractivity contribution is -0.148. The van der Waals surface area contributed by atoms with E-state index in [1.807, 2.05) is 0 Å². The van der Waals surface area contributed by atoms with Gasteiger partial charge in [0, 0.05) is 24.5 Å². The topological polar surface area (TPSA) is 256 Å². The number of rotatable bonds is 5. The average molecular weight is 606 g/mol. The van der Waals surface area contributed by atoms with Crippen molar-refractivity contribution < 1.29 is 61.7 Å². The van der Waals surface area contributed by atoms with Crippen LogP contribution in [0.4, 0.5) is 22.4 Å². The molecule has 2 aliphatic heterocycles. The molecule has 2 fully saturated rings. The van der Waals surface area contributed by atoms with Gasteiger partial charge in [-0.3, -0.25) is 28.7 Å². The predicted octanol–water partition coefficient (Wildman–Crippen LogP) is -2.76. The number of aliphatic hydroxyl groups excluding tert-OH is 3. The van der Waals surface area contributed by atoms with Crippen LogP contribution in [0.15, 0.2) is 43.7 Å². The summed E-state index contributed by atoms with van der Waals surface area (Å²) in [6, 6.07) is 1.65. The first-order chi connectivity index (χ1) is 18.5. The molecule has 40 heavy (non-hydrogen) atoms. The minimum atomic E-state index is -4.05. The summed E-state index contributed by atoms with van der Waals surface area (Å²) in [4.78, 5) is 76.2. The van der Waals surface area contributed by atoms with Crippen molar-refractivity contribution in [3.05, 3.63) is 66.2 Å². The number of carbonyl (C=O) groups excluding carboxylic acids is 1. The van der Waals surface area contributed by atoms with Crippen molar-refractivity contribution in [3.63, 3.8) is 0 Å². The molecule has 0 aromatic carbocycles. The lowest BCUT2D eigenvalue weighted by Crippen LogP contribution is -2.42. The maximum Gasteiger partial charge on any atom is 0.386 e. The predicted molar refractivity (Wildman–Crippen MR) is 117 cm³/mol. The molecule has 6 atom stereocenters. The highest BCUT2D eigenvalue weighted by atomic mass is 31.2. The quantitative estimate of drug-likeness (QED) is 0.135. The maximum atomic E-state index is 13.9. The van der Waals surface area contributed by atoms with Crippen LogP contribution in [0.3, 0.4) is 0 Å². The van der Waals surface area contributed by atoms with E-state index in [0.717, 1.165) is 18.3 Å². The third-order valence-electron chi connectivity index (χ3n) is 5.39. The van der Waals surface area contributed by atoms with E-state index in [-0.39, 0.29) is 0 Å². The highest BCUT2D eigenvalue weighted by Gasteiger charge is 2.62. The molecule has 17 nitrogen and oxygen atoms in total. The second kappa shape index (κ2) is 11.7. The van der Waals surface area contributed by atoms with Gasteiger partial charge in [0.1, 0.15) is 6.10 Å². The third-order valence-corrected chi connectivity index (χ3v) is 5.82. The molecule has 7 N–H and O–H groups in total. The smallest absolute Gasteiger partial charge is 0.386 e. The summed E-state index contributed by atoms with van der Waals surface area (Å²) in [6.07, 6.45) is -11.5. The summed E-state index contributed by atoms with van der Waals surface area (Å²) in [6.45, 7) is -0.814. The van der Waals surface area contributed by atoms with Gasteiger partial charge in [0.2, 0.25) is 18.7 Å². The summed E-state index contributed by atoms with van der Waals surface area (Å²) in [5.74, 6) is -7.81. The lowest BCUT2D eigenvalue weighted by Gasteiger charge is -2.20. The van der Waals surface area contributed by atoms with E-state index in [2.05, 4.69) is 9.47 Å². The second-order valence-corrected chi connectivity index (χ2v) is 8.96. The first-order valence-electron chi connectivity index (χ1n) is 10.6. The first-order valence-corrected chi connectivity index (χ1v) is 11.8. The maximum absolute atomic E-state index is 13.9. The molecular formula is C18H19F4N4O13P. The molecule has 222 valence electrons. The van der Waals surface area contributed by atoms with Crippen LogP contribution in [-0.4, -0.2) is 93.0 Å². The van der Waals surface area contributed by atoms with Crippen LogP contribution in [0.2, 0.25) is 0 Å². The zero-order valence-corrected chi connectivity index (χ0v) is 20.2. The Morgan fingerprint density at radius 1 is 0.900 bits per heavy atom. The number of nitrogens with zero attached hydrogens (tertiary/aromatic N) is 2. The summed E-state index contributed by atoms with van der Waals surface area (Å²) in [5, 5.41) is 27.5. The fraction of sp³-hybridized carbons (Fsp3) is 0.500. The highest BCUT2D eigenvalue weighted by Crippen LogP contribution is 2.44. The Balaban J connectivity index is 0.000000225. The molecule has 4 heterocycles. The van der Waals surface area contributed by atoms with Gasteiger partial charge in [-0.05, 0) is 0 Å². The van der Waals surface area contributed by atoms with E-state index in [1.165, 1.54) is 0 Å². The summed E-state index contributed by atoms with van der Waals surface area (Å²) in [7, 11) is -3.22. The van der Waals surface area contributed by atoms with Crippen molar-refractivity contribution >= 4 is 14.1 Å². The van der Waals surface area contributed by atoms with Gasteiger partial charge in [-0.2, -0.15) is 17.6 Å². The van der Waals surface area contributed by atoms with Gasteiger partial charge >= 0.3 is 28.9 Å². The molecule has 0 radical (unpaired) electrons. The van der Waals surface area contributed by atoms with E-state index in [1.54, 1.807) is 9.97 Å². The van der Waals surface area contributed by atoms with Crippen molar-refractivity contribution in [2.24, 2.45) is 0 Å². The number of hydrogen-bond acceptors (Lipinski definition) is 13. The van der Waals surface area contributed by atoms with E-state index >= 15 is 0 Å². The van der Waals surface area contributed by atoms with E-state index in [4.69, 9.17) is 19.6 Å². The molecule has 0 aliphatic carbocycles. The molecule has 4 rings (SSSR count). The number of halogens is 4. The monoisotopic (exact) mass is 606 g/mol. The SMILES string of the molecule is O=C(O[C@H]1O[C@@H](n2ccc(=O)[nH]c2=O)C(F)(F)[C@@H]1O)P(O)O.O=c1ccn([C@@H]2O[C@H](CO)[C@@H](O)C2(F)F)c(=O)[nH]1. The van der Waals surface area contributed by atoms with Gasteiger partial charge in [-0.1, -0.05) is 0 Å². The Bertz CT molecular complexity index is 1460. The number of ether oxygens (including phenoxy) is 3. The van der Waals surface area contributed by atoms with Crippen LogP contribution in [0, 0.1) is 0 Å². The van der Waals surface area contributed by atoms with Crippen molar-refractivity contribution in [3.8, 4) is 0 Å². The Labute approximate surface area is 217 Å². The summed E-state index contributed by atoms with van der Waals surface area (Å²) >= 11 is 0. The van der Waals surface area contributed by atoms with Crippen molar-refractivity contribution in [2.45, 2.75) is 48.9 Å². The van der Waals surface area contributed by atoms with Gasteiger partial charge in [-0.25, -0.2) is 14.4 Å². The van der Waals surface area contributed by atoms with E-state index < -0.39 is 92.1 Å². The Morgan fingerprint density at radius 2 is 1.35 bits per heavy atom. The van der Waals surface area contributed by atoms with Gasteiger partial charge < -0.3 is 39.3 Å². The standard InChI is InChI=1S/C9H9F2N2O8P.C9H10F2N2O5/c10-9(11)4(15)5(21-8(17)22(18)19)20-6(9)13-2-1-3(14)12-7(13)16;10-9(11)6(16)4(3-14)18-7(9)13-2-1-5(15)12-8(13)17/h1-2,4-6,15,18-19H,(H,12,14,16);1-2,4,6-7,14,16H,3H2,(H,12,15,17)/t4-,5-,6-;4-,6-,7-/m11/s1. The molecule has 0 spiro atoms. The van der Waals surface area contributed by atoms with E-state index in [9.17, 15) is 51.7 Å². The number of H-pyrrole nitrogens is 2. The fourth-order valence-electron chi connectivity index (χ4n) is 3.45. The number of aromatic nitrogens is 4. The average Bonchev–Trinajstić information content (AvgIpc) is 3.22. The lowest BCUT2D eigenvalue weighted by atomic mass is 10.1. The van der Waals surface area contributed by atoms with Crippen LogP contribution >= 0.6 is 8.38 Å². The molecule has 2 aromatic rings. The van der Waals surface area contributed by atoms with Crippen LogP contribution in [0.1, 0.15) is 12.5 Å². The number of nitrogens with one attached hydrogen (secondary N) is 2. The zero-order valence-electron chi connectivity index (χ0n) is 19.3. The van der Waals surface area contributed by atoms with Gasteiger partial charge in [-0.15, -0.1) is 0 Å². The molecule has 2 aliphatic rings. The molecule has 2 aromatic heterocycles. The largest absolute Gasteiger partial charge is 0.426 e. The van der Waals surface area contributed by atoms with Crippen LogP contribution in [0.25, 0.3) is 0 Å². The van der Waals surface area contributed by atoms with Gasteiger partial charge in [0.25, 0.3) is 19.5 Å². The first kappa shape index (κ1) is 31.2. The number of aliphatic hydroxyl groups is 3. The van der Waals surface area contributed by atoms with Gasteiger partial charge in [0.05, 0.1) is 6.61 Å². The molecule has 0 bridgehead atoms. The zero-order chi connectivity index (χ0) is 30.2. The molecule has 0 unspecified atom stereocenters. The summed E-state index contributed by atoms with van der Waals surface area (Å²) in [5.41, 5.74) is -5.56. The number of alkyl halides is 4. The highest BCUT2D eigenvalue weighted by molar-refractivity contribution is 7.63. The molecule has 22 heteroatoms. The molecule has 0 amide bonds. The number of carbonyl (C=O) groups is 1. The molecule has 0 saturated carbocycles. The summed E-state index contributed by atoms with van der Waals surface area (Å²) < 4.78 is 69.5. The Hall–Kier alpha value is -3.30. The van der Waals surface area contributed by atoms with Crippen molar-refractivity contribution in [1.82, 2.24) is 19.1 Å². The normalized spacial score (nSPS) is 28.6. The molecular weight excluding hydrogens is 587 g/mol. The number of hydrogen-bond donors (Lipinski definition) is 7.